The largest absolute Gasteiger partial charge is 0.497 e. The van der Waals surface area contributed by atoms with E-state index in [0.717, 1.165) is 51.3 Å². The van der Waals surface area contributed by atoms with Gasteiger partial charge in [0, 0.05) is 39.4 Å². The summed E-state index contributed by atoms with van der Waals surface area (Å²) in [6.07, 6.45) is 0.941. The molecule has 5 nitrogen and oxygen atoms in total. The molecule has 1 amide bonds. The van der Waals surface area contributed by atoms with Crippen LogP contribution in [0, 0.1) is 0 Å². The number of amides is 1. The van der Waals surface area contributed by atoms with Crippen LogP contribution in [0.3, 0.4) is 0 Å². The van der Waals surface area contributed by atoms with Gasteiger partial charge in [0.15, 0.2) is 0 Å². The van der Waals surface area contributed by atoms with E-state index in [1.54, 1.807) is 7.11 Å². The highest BCUT2D eigenvalue weighted by atomic mass is 79.9. The van der Waals surface area contributed by atoms with Gasteiger partial charge in [0.2, 0.25) is 0 Å². The monoisotopic (exact) mass is 473 g/mol. The Morgan fingerprint density at radius 2 is 1.81 bits per heavy atom. The Morgan fingerprint density at radius 1 is 1.03 bits per heavy atom. The molecule has 154 valence electrons. The third kappa shape index (κ3) is 3.86. The second-order valence-corrected chi connectivity index (χ2v) is 8.35. The number of anilines is 3. The van der Waals surface area contributed by atoms with Gasteiger partial charge in [0.25, 0.3) is 5.91 Å². The third-order valence-electron chi connectivity index (χ3n) is 5.48. The Hall–Kier alpha value is -3.38. The van der Waals surface area contributed by atoms with Gasteiger partial charge in [-0.05, 0) is 78.7 Å². The number of methoxy groups -OCH3 is 1. The van der Waals surface area contributed by atoms with Crippen LogP contribution in [0.25, 0.3) is 10.9 Å². The van der Waals surface area contributed by atoms with Crippen molar-refractivity contribution >= 4 is 49.9 Å². The minimum absolute atomic E-state index is 0.132. The fourth-order valence-corrected chi connectivity index (χ4v) is 4.11. The highest BCUT2D eigenvalue weighted by Crippen LogP contribution is 2.35. The summed E-state index contributed by atoms with van der Waals surface area (Å²) in [6.45, 7) is 0.861. The first-order chi connectivity index (χ1) is 15.1. The molecule has 6 heteroatoms. The Bertz CT molecular complexity index is 1270. The van der Waals surface area contributed by atoms with Crippen molar-refractivity contribution in [2.75, 3.05) is 23.9 Å². The van der Waals surface area contributed by atoms with E-state index in [-0.39, 0.29) is 5.91 Å². The van der Waals surface area contributed by atoms with Crippen molar-refractivity contribution < 1.29 is 9.53 Å². The predicted molar refractivity (Wildman–Crippen MR) is 128 cm³/mol. The van der Waals surface area contributed by atoms with Gasteiger partial charge in [-0.15, -0.1) is 0 Å². The molecular formula is C25H20BrN3O2. The standard InChI is InChI=1S/C25H20BrN3O2/c1-31-22-11-4-17-14-18-12-13-29(24(18)28-23(17)15-22)21-9-2-16(3-10-21)25(30)27-20-7-5-19(26)6-8-20/h2-11,14-15H,12-13H2,1H3,(H,27,30). The van der Waals surface area contributed by atoms with Gasteiger partial charge in [-0.1, -0.05) is 15.9 Å². The summed E-state index contributed by atoms with van der Waals surface area (Å²) >= 11 is 3.40. The highest BCUT2D eigenvalue weighted by Gasteiger charge is 2.23. The van der Waals surface area contributed by atoms with Crippen molar-refractivity contribution in [2.45, 2.75) is 6.42 Å². The van der Waals surface area contributed by atoms with Crippen molar-refractivity contribution in [2.24, 2.45) is 0 Å². The van der Waals surface area contributed by atoms with Crippen molar-refractivity contribution in [3.8, 4) is 5.75 Å². The molecule has 0 atom stereocenters. The normalized spacial score (nSPS) is 12.6. The van der Waals surface area contributed by atoms with Crippen LogP contribution in [0.2, 0.25) is 0 Å². The lowest BCUT2D eigenvalue weighted by Gasteiger charge is -2.19. The average Bonchev–Trinajstić information content (AvgIpc) is 3.21. The van der Waals surface area contributed by atoms with Gasteiger partial charge in [0.05, 0.1) is 12.6 Å². The van der Waals surface area contributed by atoms with Gasteiger partial charge in [-0.25, -0.2) is 4.98 Å². The first kappa shape index (κ1) is 19.6. The quantitative estimate of drug-likeness (QED) is 0.397. The first-order valence-electron chi connectivity index (χ1n) is 10.0. The fraction of sp³-hybridized carbons (Fsp3) is 0.120. The third-order valence-corrected chi connectivity index (χ3v) is 6.01. The summed E-state index contributed by atoms with van der Waals surface area (Å²) in [7, 11) is 1.66. The summed E-state index contributed by atoms with van der Waals surface area (Å²) in [5.74, 6) is 1.63. The van der Waals surface area contributed by atoms with E-state index in [2.05, 4.69) is 32.2 Å². The highest BCUT2D eigenvalue weighted by molar-refractivity contribution is 9.10. The van der Waals surface area contributed by atoms with Crippen LogP contribution >= 0.6 is 15.9 Å². The molecule has 0 spiro atoms. The number of halogens is 1. The van der Waals surface area contributed by atoms with Crippen molar-refractivity contribution in [1.29, 1.82) is 0 Å². The van der Waals surface area contributed by atoms with E-state index < -0.39 is 0 Å². The van der Waals surface area contributed by atoms with Crippen LogP contribution in [-0.2, 0) is 6.42 Å². The summed E-state index contributed by atoms with van der Waals surface area (Å²) < 4.78 is 6.32. The lowest BCUT2D eigenvalue weighted by Crippen LogP contribution is -2.15. The number of hydrogen-bond acceptors (Lipinski definition) is 4. The number of benzene rings is 3. The second kappa shape index (κ2) is 8.04. The molecule has 2 heterocycles. The molecule has 0 saturated heterocycles. The molecule has 0 radical (unpaired) electrons. The maximum Gasteiger partial charge on any atom is 0.255 e. The molecule has 0 unspecified atom stereocenters. The van der Waals surface area contributed by atoms with E-state index in [4.69, 9.17) is 9.72 Å². The van der Waals surface area contributed by atoms with E-state index >= 15 is 0 Å². The van der Waals surface area contributed by atoms with E-state index in [1.165, 1.54) is 5.56 Å². The minimum Gasteiger partial charge on any atom is -0.497 e. The number of ether oxygens (including phenoxy) is 1. The lowest BCUT2D eigenvalue weighted by molar-refractivity contribution is 0.102. The number of nitrogens with zero attached hydrogens (tertiary/aromatic N) is 2. The smallest absolute Gasteiger partial charge is 0.255 e. The number of nitrogens with one attached hydrogen (secondary N) is 1. The Kier molecular flexibility index (Phi) is 5.08. The summed E-state index contributed by atoms with van der Waals surface area (Å²) in [4.78, 5) is 19.7. The Labute approximate surface area is 188 Å². The molecule has 3 aromatic carbocycles. The molecule has 4 aromatic rings. The average molecular weight is 474 g/mol. The molecule has 0 saturated carbocycles. The van der Waals surface area contributed by atoms with Crippen LogP contribution in [0.4, 0.5) is 17.2 Å². The second-order valence-electron chi connectivity index (χ2n) is 7.44. The van der Waals surface area contributed by atoms with Gasteiger partial charge in [-0.2, -0.15) is 0 Å². The SMILES string of the molecule is COc1ccc2cc3c(nc2c1)N(c1ccc(C(=O)Nc2ccc(Br)cc2)cc1)CC3. The number of pyridine rings is 1. The van der Waals surface area contributed by atoms with Gasteiger partial charge in [-0.3, -0.25) is 4.79 Å². The van der Waals surface area contributed by atoms with Gasteiger partial charge in [0.1, 0.15) is 11.6 Å². The summed E-state index contributed by atoms with van der Waals surface area (Å²) in [5, 5.41) is 4.04. The van der Waals surface area contributed by atoms with Crippen LogP contribution in [0.1, 0.15) is 15.9 Å². The predicted octanol–water partition coefficient (Wildman–Crippen LogP) is 5.95. The molecule has 0 bridgehead atoms. The topological polar surface area (TPSA) is 54.5 Å². The summed E-state index contributed by atoms with van der Waals surface area (Å²) in [6, 6.07) is 23.4. The van der Waals surface area contributed by atoms with E-state index in [0.29, 0.717) is 5.56 Å². The Balaban J connectivity index is 1.39. The lowest BCUT2D eigenvalue weighted by atomic mass is 10.1. The molecule has 1 aromatic heterocycles. The van der Waals surface area contributed by atoms with Gasteiger partial charge >= 0.3 is 0 Å². The molecular weight excluding hydrogens is 454 g/mol. The van der Waals surface area contributed by atoms with Crippen LogP contribution < -0.4 is 15.0 Å². The first-order valence-corrected chi connectivity index (χ1v) is 10.8. The number of carbonyl (C=O) groups excluding carboxylic acids is 1. The van der Waals surface area contributed by atoms with Crippen LogP contribution in [0.5, 0.6) is 5.75 Å². The Morgan fingerprint density at radius 3 is 2.55 bits per heavy atom. The van der Waals surface area contributed by atoms with Crippen molar-refractivity contribution in [3.05, 3.63) is 88.4 Å². The zero-order chi connectivity index (χ0) is 21.4. The number of fused-ring (bicyclic) bond motifs is 2. The number of aromatic nitrogens is 1. The molecule has 5 rings (SSSR count). The van der Waals surface area contributed by atoms with Crippen molar-refractivity contribution in [3.63, 3.8) is 0 Å². The maximum atomic E-state index is 12.6. The zero-order valence-electron chi connectivity index (χ0n) is 16.9. The molecule has 1 aliphatic rings. The molecule has 0 fully saturated rings. The van der Waals surface area contributed by atoms with E-state index in [1.807, 2.05) is 66.7 Å². The van der Waals surface area contributed by atoms with Crippen LogP contribution in [-0.4, -0.2) is 24.5 Å². The zero-order valence-corrected chi connectivity index (χ0v) is 18.5. The molecule has 0 aliphatic carbocycles. The fourth-order valence-electron chi connectivity index (χ4n) is 3.84. The molecule has 1 N–H and O–H groups in total. The van der Waals surface area contributed by atoms with Crippen LogP contribution in [0.15, 0.2) is 77.3 Å². The number of carbonyl (C=O) groups is 1. The number of hydrogen-bond donors (Lipinski definition) is 1. The maximum absolute atomic E-state index is 12.6. The summed E-state index contributed by atoms with van der Waals surface area (Å²) in [5.41, 5.74) is 4.54. The minimum atomic E-state index is -0.132. The van der Waals surface area contributed by atoms with Gasteiger partial charge < -0.3 is 15.0 Å². The van der Waals surface area contributed by atoms with Crippen molar-refractivity contribution in [1.82, 2.24) is 4.98 Å². The molecule has 1 aliphatic heterocycles. The molecule has 31 heavy (non-hydrogen) atoms. The number of rotatable bonds is 4. The van der Waals surface area contributed by atoms with E-state index in [9.17, 15) is 4.79 Å².